The molecule has 112 valence electrons. The first-order chi connectivity index (χ1) is 10.3. The smallest absolute Gasteiger partial charge is 0.0446 e. The van der Waals surface area contributed by atoms with E-state index in [1.54, 1.807) is 0 Å². The van der Waals surface area contributed by atoms with Crippen molar-refractivity contribution >= 4 is 34.9 Å². The molecule has 0 atom stereocenters. The minimum absolute atomic E-state index is 0. The van der Waals surface area contributed by atoms with Crippen molar-refractivity contribution in [2.75, 3.05) is 18.5 Å². The van der Waals surface area contributed by atoms with E-state index in [-0.39, 0.29) is 12.4 Å². The van der Waals surface area contributed by atoms with Gasteiger partial charge in [-0.05, 0) is 17.0 Å². The molecule has 22 heavy (non-hydrogen) atoms. The predicted molar refractivity (Wildman–Crippen MR) is 99.9 cm³/mol. The van der Waals surface area contributed by atoms with Gasteiger partial charge in [-0.1, -0.05) is 78.9 Å². The van der Waals surface area contributed by atoms with E-state index in [2.05, 4.69) is 90.8 Å². The van der Waals surface area contributed by atoms with Crippen LogP contribution in [0.1, 0.15) is 5.56 Å². The Morgan fingerprint density at radius 3 is 2.32 bits per heavy atom. The molecule has 0 aliphatic heterocycles. The van der Waals surface area contributed by atoms with Crippen LogP contribution >= 0.6 is 12.4 Å². The van der Waals surface area contributed by atoms with Gasteiger partial charge in [-0.15, -0.1) is 12.4 Å². The van der Waals surface area contributed by atoms with Crippen molar-refractivity contribution in [1.82, 2.24) is 0 Å². The zero-order chi connectivity index (χ0) is 14.5. The lowest BCUT2D eigenvalue weighted by atomic mass is 10.1. The molecule has 0 radical (unpaired) electrons. The zero-order valence-corrected chi connectivity index (χ0v) is 13.5. The van der Waals surface area contributed by atoms with Gasteiger partial charge in [0.1, 0.15) is 0 Å². The molecule has 0 unspecified atom stereocenters. The van der Waals surface area contributed by atoms with Gasteiger partial charge in [0.2, 0.25) is 0 Å². The maximum absolute atomic E-state index is 2.28. The SMILES string of the molecule is CN(C/C=C/c1ccccc1)c1cccc2ccccc12.Cl. The van der Waals surface area contributed by atoms with Crippen LogP contribution in [0.2, 0.25) is 0 Å². The molecule has 0 bridgehead atoms. The fourth-order valence-corrected chi connectivity index (χ4v) is 2.55. The lowest BCUT2D eigenvalue weighted by Crippen LogP contribution is -2.16. The van der Waals surface area contributed by atoms with Crippen molar-refractivity contribution in [1.29, 1.82) is 0 Å². The van der Waals surface area contributed by atoms with Crippen molar-refractivity contribution < 1.29 is 0 Å². The minimum atomic E-state index is 0. The lowest BCUT2D eigenvalue weighted by Gasteiger charge is -2.19. The predicted octanol–water partition coefficient (Wildman–Crippen LogP) is 5.41. The minimum Gasteiger partial charge on any atom is -0.370 e. The molecule has 0 saturated heterocycles. The van der Waals surface area contributed by atoms with E-state index in [4.69, 9.17) is 0 Å². The van der Waals surface area contributed by atoms with Gasteiger partial charge in [-0.2, -0.15) is 0 Å². The molecule has 3 aromatic rings. The Hall–Kier alpha value is -2.25. The summed E-state index contributed by atoms with van der Waals surface area (Å²) in [5.41, 5.74) is 2.51. The summed E-state index contributed by atoms with van der Waals surface area (Å²) in [6.45, 7) is 0.892. The van der Waals surface area contributed by atoms with E-state index in [9.17, 15) is 0 Å². The molecule has 0 fully saturated rings. The van der Waals surface area contributed by atoms with Gasteiger partial charge in [0.15, 0.2) is 0 Å². The average molecular weight is 310 g/mol. The van der Waals surface area contributed by atoms with Gasteiger partial charge in [0, 0.05) is 24.7 Å². The standard InChI is InChI=1S/C20H19N.ClH/c1-21(16-8-11-17-9-3-2-4-10-17)20-15-7-13-18-12-5-6-14-19(18)20;/h2-15H,16H2,1H3;1H/b11-8+;. The van der Waals surface area contributed by atoms with Crippen molar-refractivity contribution in [3.63, 3.8) is 0 Å². The fourth-order valence-electron chi connectivity index (χ4n) is 2.55. The Kier molecular flexibility index (Phi) is 5.62. The molecule has 0 aliphatic carbocycles. The van der Waals surface area contributed by atoms with E-state index < -0.39 is 0 Å². The highest BCUT2D eigenvalue weighted by Gasteiger charge is 2.03. The van der Waals surface area contributed by atoms with Gasteiger partial charge in [0.05, 0.1) is 0 Å². The van der Waals surface area contributed by atoms with Gasteiger partial charge < -0.3 is 4.90 Å². The van der Waals surface area contributed by atoms with E-state index in [1.165, 1.54) is 22.0 Å². The first kappa shape index (κ1) is 16.1. The molecule has 3 rings (SSSR count). The summed E-state index contributed by atoms with van der Waals surface area (Å²) in [5, 5.41) is 2.59. The van der Waals surface area contributed by atoms with E-state index in [0.717, 1.165) is 6.54 Å². The molecule has 0 spiro atoms. The van der Waals surface area contributed by atoms with Crippen molar-refractivity contribution in [3.05, 3.63) is 84.4 Å². The molecule has 0 heterocycles. The molecule has 3 aromatic carbocycles. The second-order valence-corrected chi connectivity index (χ2v) is 5.19. The van der Waals surface area contributed by atoms with Gasteiger partial charge in [-0.3, -0.25) is 0 Å². The van der Waals surface area contributed by atoms with Crippen LogP contribution in [0.3, 0.4) is 0 Å². The number of rotatable bonds is 4. The summed E-state index contributed by atoms with van der Waals surface area (Å²) in [7, 11) is 2.14. The van der Waals surface area contributed by atoms with Gasteiger partial charge in [0.25, 0.3) is 0 Å². The van der Waals surface area contributed by atoms with Crippen LogP contribution in [0.25, 0.3) is 16.8 Å². The maximum atomic E-state index is 2.28. The number of anilines is 1. The Bertz CT molecular complexity index is 745. The summed E-state index contributed by atoms with van der Waals surface area (Å²) < 4.78 is 0. The van der Waals surface area contributed by atoms with Gasteiger partial charge >= 0.3 is 0 Å². The highest BCUT2D eigenvalue weighted by Crippen LogP contribution is 2.25. The molecule has 0 aliphatic rings. The van der Waals surface area contributed by atoms with E-state index in [0.29, 0.717) is 0 Å². The second-order valence-electron chi connectivity index (χ2n) is 5.19. The maximum Gasteiger partial charge on any atom is 0.0446 e. The summed E-state index contributed by atoms with van der Waals surface area (Å²) in [4.78, 5) is 2.28. The number of nitrogens with zero attached hydrogens (tertiary/aromatic N) is 1. The quantitative estimate of drug-likeness (QED) is 0.622. The highest BCUT2D eigenvalue weighted by molar-refractivity contribution is 5.94. The van der Waals surface area contributed by atoms with Crippen LogP contribution in [-0.2, 0) is 0 Å². The van der Waals surface area contributed by atoms with E-state index in [1.807, 2.05) is 6.07 Å². The van der Waals surface area contributed by atoms with Crippen LogP contribution in [0, 0.1) is 0 Å². The molecule has 2 heteroatoms. The van der Waals surface area contributed by atoms with Crippen LogP contribution in [0.4, 0.5) is 5.69 Å². The lowest BCUT2D eigenvalue weighted by molar-refractivity contribution is 1.04. The number of hydrogen-bond acceptors (Lipinski definition) is 1. The fraction of sp³-hybridized carbons (Fsp3) is 0.100. The third-order valence-electron chi connectivity index (χ3n) is 3.67. The summed E-state index contributed by atoms with van der Waals surface area (Å²) in [5.74, 6) is 0. The van der Waals surface area contributed by atoms with Crippen molar-refractivity contribution in [2.45, 2.75) is 0 Å². The van der Waals surface area contributed by atoms with Crippen LogP contribution in [-0.4, -0.2) is 13.6 Å². The molecule has 1 nitrogen and oxygen atoms in total. The summed E-state index contributed by atoms with van der Waals surface area (Å²) >= 11 is 0. The van der Waals surface area contributed by atoms with E-state index >= 15 is 0 Å². The molecule has 0 amide bonds. The van der Waals surface area contributed by atoms with Crippen molar-refractivity contribution in [3.8, 4) is 0 Å². The monoisotopic (exact) mass is 309 g/mol. The normalized spacial score (nSPS) is 10.6. The van der Waals surface area contributed by atoms with Crippen LogP contribution in [0.15, 0.2) is 78.9 Å². The Balaban J connectivity index is 0.00000176. The first-order valence-corrected chi connectivity index (χ1v) is 7.25. The molecule has 0 N–H and O–H groups in total. The summed E-state index contributed by atoms with van der Waals surface area (Å²) in [6.07, 6.45) is 4.37. The van der Waals surface area contributed by atoms with Crippen LogP contribution in [0.5, 0.6) is 0 Å². The van der Waals surface area contributed by atoms with Gasteiger partial charge in [-0.25, -0.2) is 0 Å². The number of benzene rings is 3. The molecular weight excluding hydrogens is 290 g/mol. The third kappa shape index (κ3) is 3.69. The average Bonchev–Trinajstić information content (AvgIpc) is 2.55. The number of hydrogen-bond donors (Lipinski definition) is 0. The first-order valence-electron chi connectivity index (χ1n) is 7.25. The van der Waals surface area contributed by atoms with Crippen LogP contribution < -0.4 is 4.90 Å². The molecular formula is C20H20ClN. The topological polar surface area (TPSA) is 3.24 Å². The van der Waals surface area contributed by atoms with Crippen molar-refractivity contribution in [2.24, 2.45) is 0 Å². The Labute approximate surface area is 138 Å². The third-order valence-corrected chi connectivity index (χ3v) is 3.67. The summed E-state index contributed by atoms with van der Waals surface area (Å²) in [6, 6.07) is 25.4. The number of halogens is 1. The molecule has 0 saturated carbocycles. The number of fused-ring (bicyclic) bond motifs is 1. The second kappa shape index (κ2) is 7.67. The highest BCUT2D eigenvalue weighted by atomic mass is 35.5. The Morgan fingerprint density at radius 2 is 1.50 bits per heavy atom. The molecule has 0 aromatic heterocycles. The zero-order valence-electron chi connectivity index (χ0n) is 12.6. The number of likely N-dealkylation sites (N-methyl/N-ethyl adjacent to an activating group) is 1. The Morgan fingerprint density at radius 1 is 0.818 bits per heavy atom. The largest absolute Gasteiger partial charge is 0.370 e.